The molecule has 0 aliphatic rings. The Bertz CT molecular complexity index is 124. The fourth-order valence-corrected chi connectivity index (χ4v) is 0.775. The van der Waals surface area contributed by atoms with Gasteiger partial charge in [0.2, 0.25) is 0 Å². The van der Waals surface area contributed by atoms with Gasteiger partial charge in [0.1, 0.15) is 5.60 Å². The average Bonchev–Trinajstić information content (AvgIpc) is 1.89. The molecule has 0 rings (SSSR count). The molecule has 0 saturated heterocycles. The van der Waals surface area contributed by atoms with Gasteiger partial charge in [-0.2, -0.15) is 5.26 Å². The molecule has 0 bridgehead atoms. The van der Waals surface area contributed by atoms with E-state index in [1.54, 1.807) is 6.92 Å². The Morgan fingerprint density at radius 2 is 2.10 bits per heavy atom. The molecule has 0 fully saturated rings. The molecule has 0 heterocycles. The van der Waals surface area contributed by atoms with Gasteiger partial charge in [-0.25, -0.2) is 0 Å². The first kappa shape index (κ1) is 9.45. The summed E-state index contributed by atoms with van der Waals surface area (Å²) in [5, 5.41) is 17.6. The van der Waals surface area contributed by atoms with Gasteiger partial charge in [-0.3, -0.25) is 0 Å². The molecule has 0 aromatic carbocycles. The summed E-state index contributed by atoms with van der Waals surface area (Å²) in [6.45, 7) is 3.66. The quantitative estimate of drug-likeness (QED) is 0.479. The van der Waals surface area contributed by atoms with Crippen molar-refractivity contribution in [2.45, 2.75) is 45.1 Å². The first-order chi connectivity index (χ1) is 4.62. The molecule has 2 nitrogen and oxygen atoms in total. The molecule has 0 aliphatic carbocycles. The number of hydrogen-bond donors (Lipinski definition) is 1. The third-order valence-electron chi connectivity index (χ3n) is 1.51. The largest absolute Gasteiger partial charge is 0.376 e. The summed E-state index contributed by atoms with van der Waals surface area (Å²) in [7, 11) is 0. The molecular formula is C8H15NO. The molecular weight excluding hydrogens is 126 g/mol. The minimum Gasteiger partial charge on any atom is -0.376 e. The maximum Gasteiger partial charge on any atom is 0.148 e. The van der Waals surface area contributed by atoms with E-state index in [4.69, 9.17) is 5.26 Å². The van der Waals surface area contributed by atoms with E-state index in [-0.39, 0.29) is 0 Å². The molecule has 1 N–H and O–H groups in total. The maximum absolute atomic E-state index is 9.19. The van der Waals surface area contributed by atoms with E-state index >= 15 is 0 Å². The number of hydrogen-bond acceptors (Lipinski definition) is 2. The lowest BCUT2D eigenvalue weighted by Gasteiger charge is -2.12. The maximum atomic E-state index is 9.19. The van der Waals surface area contributed by atoms with Crippen molar-refractivity contribution in [3.63, 3.8) is 0 Å². The number of unbranched alkanes of at least 4 members (excludes halogenated alkanes) is 2. The minimum absolute atomic E-state index is 0.595. The van der Waals surface area contributed by atoms with Crippen LogP contribution in [-0.4, -0.2) is 10.7 Å². The van der Waals surface area contributed by atoms with E-state index in [0.29, 0.717) is 6.42 Å². The van der Waals surface area contributed by atoms with Gasteiger partial charge in [0.15, 0.2) is 0 Å². The fraction of sp³-hybridized carbons (Fsp3) is 0.875. The summed E-state index contributed by atoms with van der Waals surface area (Å²) in [5.41, 5.74) is -1.10. The van der Waals surface area contributed by atoms with Crippen LogP contribution in [0.1, 0.15) is 39.5 Å². The smallest absolute Gasteiger partial charge is 0.148 e. The highest BCUT2D eigenvalue weighted by Gasteiger charge is 2.17. The van der Waals surface area contributed by atoms with E-state index in [0.717, 1.165) is 19.3 Å². The molecule has 0 amide bonds. The monoisotopic (exact) mass is 141 g/mol. The Hall–Kier alpha value is -0.550. The van der Waals surface area contributed by atoms with Crippen molar-refractivity contribution >= 4 is 0 Å². The third kappa shape index (κ3) is 4.34. The van der Waals surface area contributed by atoms with Crippen LogP contribution in [0, 0.1) is 11.3 Å². The molecule has 10 heavy (non-hydrogen) atoms. The Morgan fingerprint density at radius 3 is 2.50 bits per heavy atom. The summed E-state index contributed by atoms with van der Waals surface area (Å²) in [5.74, 6) is 0. The number of rotatable bonds is 4. The summed E-state index contributed by atoms with van der Waals surface area (Å²) in [6, 6.07) is 1.86. The zero-order chi connectivity index (χ0) is 8.04. The summed E-state index contributed by atoms with van der Waals surface area (Å²) in [6.07, 6.45) is 3.76. The zero-order valence-electron chi connectivity index (χ0n) is 6.72. The Balaban J connectivity index is 3.40. The predicted molar refractivity (Wildman–Crippen MR) is 40.4 cm³/mol. The van der Waals surface area contributed by atoms with Crippen molar-refractivity contribution in [2.75, 3.05) is 0 Å². The van der Waals surface area contributed by atoms with Crippen LogP contribution in [0.5, 0.6) is 0 Å². The van der Waals surface area contributed by atoms with Gasteiger partial charge in [0, 0.05) is 0 Å². The van der Waals surface area contributed by atoms with Crippen molar-refractivity contribution in [3.05, 3.63) is 0 Å². The molecule has 0 aromatic heterocycles. The normalized spacial score (nSPS) is 15.8. The highest BCUT2D eigenvalue weighted by atomic mass is 16.3. The topological polar surface area (TPSA) is 44.0 Å². The summed E-state index contributed by atoms with van der Waals surface area (Å²) >= 11 is 0. The van der Waals surface area contributed by atoms with E-state index in [9.17, 15) is 5.11 Å². The van der Waals surface area contributed by atoms with E-state index in [1.807, 2.05) is 6.07 Å². The fourth-order valence-electron chi connectivity index (χ4n) is 0.775. The molecule has 0 unspecified atom stereocenters. The number of nitriles is 1. The summed E-state index contributed by atoms with van der Waals surface area (Å²) in [4.78, 5) is 0. The van der Waals surface area contributed by atoms with E-state index < -0.39 is 5.60 Å². The Morgan fingerprint density at radius 1 is 1.50 bits per heavy atom. The van der Waals surface area contributed by atoms with Crippen LogP contribution in [0.2, 0.25) is 0 Å². The zero-order valence-corrected chi connectivity index (χ0v) is 6.72. The van der Waals surface area contributed by atoms with Crippen LogP contribution in [0.3, 0.4) is 0 Å². The predicted octanol–water partition coefficient (Wildman–Crippen LogP) is 1.84. The van der Waals surface area contributed by atoms with Crippen LogP contribution < -0.4 is 0 Å². The lowest BCUT2D eigenvalue weighted by atomic mass is 10.0. The second-order valence-electron chi connectivity index (χ2n) is 2.84. The molecule has 0 aliphatic heterocycles. The highest BCUT2D eigenvalue weighted by Crippen LogP contribution is 2.12. The van der Waals surface area contributed by atoms with Crippen molar-refractivity contribution in [1.29, 1.82) is 5.26 Å². The standard InChI is InChI=1S/C8H15NO/c1-3-4-5-6-8(2,10)7-9/h10H,3-6H2,1-2H3/t8-/m0/s1. The Kier molecular flexibility index (Phi) is 4.06. The first-order valence-corrected chi connectivity index (χ1v) is 3.76. The van der Waals surface area contributed by atoms with Gasteiger partial charge in [0.25, 0.3) is 0 Å². The van der Waals surface area contributed by atoms with Gasteiger partial charge in [-0.05, 0) is 19.8 Å². The number of nitrogens with zero attached hydrogens (tertiary/aromatic N) is 1. The minimum atomic E-state index is -1.10. The average molecular weight is 141 g/mol. The van der Waals surface area contributed by atoms with Gasteiger partial charge in [-0.15, -0.1) is 0 Å². The van der Waals surface area contributed by atoms with E-state index in [2.05, 4.69) is 6.92 Å². The summed E-state index contributed by atoms with van der Waals surface area (Å²) < 4.78 is 0. The second kappa shape index (κ2) is 4.29. The Labute approximate surface area is 62.5 Å². The van der Waals surface area contributed by atoms with Crippen molar-refractivity contribution < 1.29 is 5.11 Å². The van der Waals surface area contributed by atoms with Crippen LogP contribution in [0.25, 0.3) is 0 Å². The molecule has 0 radical (unpaired) electrons. The molecule has 0 aromatic rings. The SMILES string of the molecule is CCCCC[C@](C)(O)C#N. The van der Waals surface area contributed by atoms with Crippen LogP contribution in [0.15, 0.2) is 0 Å². The van der Waals surface area contributed by atoms with Crippen LogP contribution in [-0.2, 0) is 0 Å². The molecule has 58 valence electrons. The van der Waals surface area contributed by atoms with Crippen LogP contribution >= 0.6 is 0 Å². The van der Waals surface area contributed by atoms with Crippen LogP contribution in [0.4, 0.5) is 0 Å². The van der Waals surface area contributed by atoms with Gasteiger partial charge in [-0.1, -0.05) is 19.8 Å². The van der Waals surface area contributed by atoms with Gasteiger partial charge >= 0.3 is 0 Å². The lowest BCUT2D eigenvalue weighted by Crippen LogP contribution is -2.20. The first-order valence-electron chi connectivity index (χ1n) is 3.76. The van der Waals surface area contributed by atoms with Gasteiger partial charge in [0.05, 0.1) is 6.07 Å². The van der Waals surface area contributed by atoms with Crippen molar-refractivity contribution in [3.8, 4) is 6.07 Å². The number of aliphatic hydroxyl groups is 1. The molecule has 0 saturated carbocycles. The molecule has 2 heteroatoms. The second-order valence-corrected chi connectivity index (χ2v) is 2.84. The van der Waals surface area contributed by atoms with Crippen molar-refractivity contribution in [1.82, 2.24) is 0 Å². The van der Waals surface area contributed by atoms with Gasteiger partial charge < -0.3 is 5.11 Å². The lowest BCUT2D eigenvalue weighted by molar-refractivity contribution is 0.107. The highest BCUT2D eigenvalue weighted by molar-refractivity contribution is 4.95. The molecule has 0 spiro atoms. The molecule has 1 atom stereocenters. The van der Waals surface area contributed by atoms with Crippen molar-refractivity contribution in [2.24, 2.45) is 0 Å². The third-order valence-corrected chi connectivity index (χ3v) is 1.51. The van der Waals surface area contributed by atoms with E-state index in [1.165, 1.54) is 0 Å².